The lowest BCUT2D eigenvalue weighted by Gasteiger charge is -2.33. The Morgan fingerprint density at radius 3 is 2.67 bits per heavy atom. The van der Waals surface area contributed by atoms with Crippen molar-refractivity contribution in [2.45, 2.75) is 12.5 Å². The van der Waals surface area contributed by atoms with Crippen molar-refractivity contribution >= 4 is 11.6 Å². The quantitative estimate of drug-likeness (QED) is 0.698. The molecular weight excluding hydrogens is 250 g/mol. The SMILES string of the molecule is CN1CCOC(CN2CCCN(CCCl)CC2)C1. The molecule has 5 heteroatoms. The number of rotatable bonds is 4. The van der Waals surface area contributed by atoms with Crippen molar-refractivity contribution in [3.05, 3.63) is 0 Å². The number of morpholine rings is 1. The molecule has 1 unspecified atom stereocenters. The van der Waals surface area contributed by atoms with E-state index >= 15 is 0 Å². The van der Waals surface area contributed by atoms with Gasteiger partial charge >= 0.3 is 0 Å². The Labute approximate surface area is 116 Å². The molecule has 2 fully saturated rings. The molecule has 2 saturated heterocycles. The Balaban J connectivity index is 1.72. The molecule has 0 aliphatic carbocycles. The van der Waals surface area contributed by atoms with Gasteiger partial charge in [-0.2, -0.15) is 0 Å². The van der Waals surface area contributed by atoms with Crippen LogP contribution in [0.3, 0.4) is 0 Å². The summed E-state index contributed by atoms with van der Waals surface area (Å²) in [5.41, 5.74) is 0. The highest BCUT2D eigenvalue weighted by Gasteiger charge is 2.22. The summed E-state index contributed by atoms with van der Waals surface area (Å²) in [6.45, 7) is 9.82. The second-order valence-electron chi connectivity index (χ2n) is 5.44. The van der Waals surface area contributed by atoms with Crippen molar-refractivity contribution in [3.8, 4) is 0 Å². The lowest BCUT2D eigenvalue weighted by atomic mass is 10.2. The Hall–Kier alpha value is 0.130. The Morgan fingerprint density at radius 1 is 1.11 bits per heavy atom. The van der Waals surface area contributed by atoms with Gasteiger partial charge in [0.15, 0.2) is 0 Å². The number of halogens is 1. The summed E-state index contributed by atoms with van der Waals surface area (Å²) in [6, 6.07) is 0. The molecule has 2 aliphatic rings. The van der Waals surface area contributed by atoms with E-state index in [4.69, 9.17) is 16.3 Å². The van der Waals surface area contributed by atoms with Gasteiger partial charge in [-0.05, 0) is 26.6 Å². The van der Waals surface area contributed by atoms with Crippen LogP contribution in [0.5, 0.6) is 0 Å². The van der Waals surface area contributed by atoms with E-state index in [1.165, 1.54) is 19.5 Å². The van der Waals surface area contributed by atoms with Crippen molar-refractivity contribution in [3.63, 3.8) is 0 Å². The van der Waals surface area contributed by atoms with Gasteiger partial charge in [-0.25, -0.2) is 0 Å². The van der Waals surface area contributed by atoms with Crippen molar-refractivity contribution in [1.29, 1.82) is 0 Å². The Kier molecular flexibility index (Phi) is 6.18. The van der Waals surface area contributed by atoms with Crippen molar-refractivity contribution in [1.82, 2.24) is 14.7 Å². The van der Waals surface area contributed by atoms with Crippen LogP contribution in [0, 0.1) is 0 Å². The molecule has 0 radical (unpaired) electrons. The predicted molar refractivity (Wildman–Crippen MR) is 75.5 cm³/mol. The van der Waals surface area contributed by atoms with Gasteiger partial charge < -0.3 is 14.5 Å². The maximum absolute atomic E-state index is 5.85. The minimum atomic E-state index is 0.392. The van der Waals surface area contributed by atoms with E-state index in [1.807, 2.05) is 0 Å². The van der Waals surface area contributed by atoms with Crippen LogP contribution in [-0.4, -0.2) is 92.7 Å². The van der Waals surface area contributed by atoms with E-state index in [-0.39, 0.29) is 0 Å². The highest BCUT2D eigenvalue weighted by Crippen LogP contribution is 2.08. The van der Waals surface area contributed by atoms with E-state index in [0.29, 0.717) is 6.10 Å². The molecule has 0 bridgehead atoms. The zero-order chi connectivity index (χ0) is 12.8. The molecule has 106 valence electrons. The fraction of sp³-hybridized carbons (Fsp3) is 1.00. The van der Waals surface area contributed by atoms with Crippen LogP contribution in [0.15, 0.2) is 0 Å². The number of hydrogen-bond donors (Lipinski definition) is 0. The first-order chi connectivity index (χ1) is 8.78. The van der Waals surface area contributed by atoms with Gasteiger partial charge in [0.05, 0.1) is 12.7 Å². The van der Waals surface area contributed by atoms with Gasteiger partial charge in [0.1, 0.15) is 0 Å². The summed E-state index contributed by atoms with van der Waals surface area (Å²) >= 11 is 5.82. The number of alkyl halides is 1. The molecule has 2 rings (SSSR count). The van der Waals surface area contributed by atoms with Gasteiger partial charge in [-0.3, -0.25) is 4.90 Å². The first-order valence-corrected chi connectivity index (χ1v) is 7.62. The third-order valence-corrected chi connectivity index (χ3v) is 4.05. The fourth-order valence-electron chi connectivity index (χ4n) is 2.82. The summed E-state index contributed by atoms with van der Waals surface area (Å²) in [6.07, 6.45) is 1.64. The summed E-state index contributed by atoms with van der Waals surface area (Å²) in [7, 11) is 2.18. The fourth-order valence-corrected chi connectivity index (χ4v) is 3.05. The van der Waals surface area contributed by atoms with Gasteiger partial charge in [0, 0.05) is 45.1 Å². The molecule has 0 aromatic rings. The zero-order valence-corrected chi connectivity index (χ0v) is 12.2. The third kappa shape index (κ3) is 4.67. The number of ether oxygens (including phenoxy) is 1. The molecule has 0 amide bonds. The van der Waals surface area contributed by atoms with E-state index in [1.54, 1.807) is 0 Å². The first-order valence-electron chi connectivity index (χ1n) is 7.09. The predicted octanol–water partition coefficient (Wildman–Crippen LogP) is 0.564. The largest absolute Gasteiger partial charge is 0.374 e. The molecule has 0 saturated carbocycles. The maximum atomic E-state index is 5.85. The van der Waals surface area contributed by atoms with Crippen LogP contribution in [0.1, 0.15) is 6.42 Å². The molecule has 2 aliphatic heterocycles. The smallest absolute Gasteiger partial charge is 0.0829 e. The molecule has 1 atom stereocenters. The number of hydrogen-bond acceptors (Lipinski definition) is 4. The topological polar surface area (TPSA) is 19.0 Å². The van der Waals surface area contributed by atoms with Gasteiger partial charge in [0.2, 0.25) is 0 Å². The highest BCUT2D eigenvalue weighted by molar-refractivity contribution is 6.18. The van der Waals surface area contributed by atoms with Gasteiger partial charge in [-0.1, -0.05) is 0 Å². The van der Waals surface area contributed by atoms with Gasteiger partial charge in [-0.15, -0.1) is 11.6 Å². The normalized spacial score (nSPS) is 29.3. The minimum Gasteiger partial charge on any atom is -0.374 e. The third-order valence-electron chi connectivity index (χ3n) is 3.89. The molecule has 0 aromatic heterocycles. The maximum Gasteiger partial charge on any atom is 0.0829 e. The van der Waals surface area contributed by atoms with Crippen molar-refractivity contribution in [2.24, 2.45) is 0 Å². The highest BCUT2D eigenvalue weighted by atomic mass is 35.5. The average Bonchev–Trinajstić information content (AvgIpc) is 2.56. The van der Waals surface area contributed by atoms with Crippen LogP contribution in [0.2, 0.25) is 0 Å². The molecule has 4 nitrogen and oxygen atoms in total. The van der Waals surface area contributed by atoms with Crippen LogP contribution in [-0.2, 0) is 4.74 Å². The first kappa shape index (κ1) is 14.5. The van der Waals surface area contributed by atoms with Crippen LogP contribution in [0.4, 0.5) is 0 Å². The molecular formula is C13H26ClN3O. The molecule has 0 spiro atoms. The summed E-state index contributed by atoms with van der Waals surface area (Å²) in [5, 5.41) is 0. The summed E-state index contributed by atoms with van der Waals surface area (Å²) in [5.74, 6) is 0.747. The summed E-state index contributed by atoms with van der Waals surface area (Å²) < 4.78 is 5.85. The van der Waals surface area contributed by atoms with E-state index in [0.717, 1.165) is 51.8 Å². The Morgan fingerprint density at radius 2 is 1.89 bits per heavy atom. The standard InChI is InChI=1S/C13H26ClN3O/c1-15-9-10-18-13(11-15)12-17-5-2-4-16(6-3-14)7-8-17/h13H,2-12H2,1H3. The molecule has 18 heavy (non-hydrogen) atoms. The van der Waals surface area contributed by atoms with Crippen molar-refractivity contribution < 1.29 is 4.74 Å². The second kappa shape index (κ2) is 7.65. The van der Waals surface area contributed by atoms with Crippen LogP contribution >= 0.6 is 11.6 Å². The molecule has 0 N–H and O–H groups in total. The monoisotopic (exact) mass is 275 g/mol. The number of nitrogens with zero attached hydrogens (tertiary/aromatic N) is 3. The molecule has 2 heterocycles. The van der Waals surface area contributed by atoms with E-state index < -0.39 is 0 Å². The van der Waals surface area contributed by atoms with Crippen LogP contribution in [0.25, 0.3) is 0 Å². The van der Waals surface area contributed by atoms with Gasteiger partial charge in [0.25, 0.3) is 0 Å². The lowest BCUT2D eigenvalue weighted by Crippen LogP contribution is -2.46. The zero-order valence-electron chi connectivity index (χ0n) is 11.5. The van der Waals surface area contributed by atoms with E-state index in [9.17, 15) is 0 Å². The molecule has 0 aromatic carbocycles. The number of likely N-dealkylation sites (N-methyl/N-ethyl adjacent to an activating group) is 1. The summed E-state index contributed by atoms with van der Waals surface area (Å²) in [4.78, 5) is 7.39. The lowest BCUT2D eigenvalue weighted by molar-refractivity contribution is -0.0350. The Bertz CT molecular complexity index is 242. The van der Waals surface area contributed by atoms with Crippen molar-refractivity contribution in [2.75, 3.05) is 71.9 Å². The average molecular weight is 276 g/mol. The minimum absolute atomic E-state index is 0.392. The van der Waals surface area contributed by atoms with E-state index in [2.05, 4.69) is 21.7 Å². The second-order valence-corrected chi connectivity index (χ2v) is 5.82. The van der Waals surface area contributed by atoms with Crippen LogP contribution < -0.4 is 0 Å².